The number of nitrogens with one attached hydrogen (secondary N) is 2. The molecule has 1 rings (SSSR count). The smallest absolute Gasteiger partial charge is 0.0299 e. The molecular weight excluding hydrogens is 204 g/mol. The van der Waals surface area contributed by atoms with E-state index in [-0.39, 0.29) is 0 Å². The molecule has 0 bridgehead atoms. The highest BCUT2D eigenvalue weighted by molar-refractivity contribution is 7.09. The van der Waals surface area contributed by atoms with E-state index in [1.54, 1.807) is 0 Å². The van der Waals surface area contributed by atoms with Crippen molar-refractivity contribution >= 4 is 11.3 Å². The molecule has 0 amide bonds. The van der Waals surface area contributed by atoms with E-state index in [0.29, 0.717) is 0 Å². The summed E-state index contributed by atoms with van der Waals surface area (Å²) in [4.78, 5) is 1.42. The van der Waals surface area contributed by atoms with Gasteiger partial charge in [-0.2, -0.15) is 0 Å². The number of hydrogen-bond acceptors (Lipinski definition) is 3. The Morgan fingerprint density at radius 2 is 2.07 bits per heavy atom. The van der Waals surface area contributed by atoms with Gasteiger partial charge in [-0.15, -0.1) is 11.3 Å². The zero-order chi connectivity index (χ0) is 10.9. The minimum absolute atomic E-state index is 0.754. The first-order chi connectivity index (χ1) is 7.29. The van der Waals surface area contributed by atoms with Crippen molar-refractivity contribution in [2.24, 2.45) is 5.92 Å². The molecule has 0 aliphatic carbocycles. The Bertz CT molecular complexity index is 232. The molecule has 0 saturated carbocycles. The van der Waals surface area contributed by atoms with Crippen LogP contribution in [0, 0.1) is 5.92 Å². The zero-order valence-electron chi connectivity index (χ0n) is 9.75. The summed E-state index contributed by atoms with van der Waals surface area (Å²) < 4.78 is 0. The highest BCUT2D eigenvalue weighted by Gasteiger charge is 1.94. The average Bonchev–Trinajstić information content (AvgIpc) is 2.68. The topological polar surface area (TPSA) is 24.1 Å². The molecule has 0 aliphatic heterocycles. The summed E-state index contributed by atoms with van der Waals surface area (Å²) >= 11 is 1.82. The van der Waals surface area contributed by atoms with Crippen LogP contribution in [0.2, 0.25) is 0 Å². The van der Waals surface area contributed by atoms with Crippen LogP contribution < -0.4 is 10.6 Å². The second-order valence-corrected chi connectivity index (χ2v) is 5.24. The lowest BCUT2D eigenvalue weighted by atomic mass is 10.2. The Morgan fingerprint density at radius 3 is 2.73 bits per heavy atom. The number of rotatable bonds is 8. The second-order valence-electron chi connectivity index (χ2n) is 4.21. The lowest BCUT2D eigenvalue weighted by Gasteiger charge is -2.07. The molecule has 15 heavy (non-hydrogen) atoms. The van der Waals surface area contributed by atoms with Gasteiger partial charge >= 0.3 is 0 Å². The predicted octanol–water partition coefficient (Wildman–Crippen LogP) is 2.47. The Labute approximate surface area is 97.1 Å². The molecule has 1 heterocycles. The average molecular weight is 226 g/mol. The van der Waals surface area contributed by atoms with Gasteiger partial charge in [-0.1, -0.05) is 19.9 Å². The normalized spacial score (nSPS) is 11.1. The first-order valence-electron chi connectivity index (χ1n) is 5.73. The van der Waals surface area contributed by atoms with Crippen LogP contribution in [0.4, 0.5) is 0 Å². The monoisotopic (exact) mass is 226 g/mol. The van der Waals surface area contributed by atoms with Crippen LogP contribution in [0.15, 0.2) is 17.5 Å². The van der Waals surface area contributed by atoms with Crippen molar-refractivity contribution in [2.45, 2.75) is 26.8 Å². The molecular formula is C12H22N2S. The van der Waals surface area contributed by atoms with Crippen molar-refractivity contribution in [3.63, 3.8) is 0 Å². The summed E-state index contributed by atoms with van der Waals surface area (Å²) in [5, 5.41) is 9.01. The summed E-state index contributed by atoms with van der Waals surface area (Å²) in [6, 6.07) is 4.28. The summed E-state index contributed by atoms with van der Waals surface area (Å²) in [6.07, 6.45) is 1.21. The molecule has 2 N–H and O–H groups in total. The van der Waals surface area contributed by atoms with Crippen LogP contribution in [0.25, 0.3) is 0 Å². The fourth-order valence-electron chi connectivity index (χ4n) is 1.35. The molecule has 2 nitrogen and oxygen atoms in total. The van der Waals surface area contributed by atoms with E-state index in [4.69, 9.17) is 0 Å². The Balaban J connectivity index is 1.85. The Kier molecular flexibility index (Phi) is 6.64. The maximum absolute atomic E-state index is 3.45. The van der Waals surface area contributed by atoms with Crippen molar-refractivity contribution in [1.29, 1.82) is 0 Å². The third-order valence-electron chi connectivity index (χ3n) is 2.14. The molecule has 0 radical (unpaired) electrons. The standard InChI is InChI=1S/C12H22N2S/c1-11(2)9-13-6-4-7-14-10-12-5-3-8-15-12/h3,5,8,11,13-14H,4,6-7,9-10H2,1-2H3. The minimum Gasteiger partial charge on any atom is -0.316 e. The van der Waals surface area contributed by atoms with Crippen molar-refractivity contribution in [1.82, 2.24) is 10.6 Å². The maximum atomic E-state index is 3.45. The first kappa shape index (κ1) is 12.7. The van der Waals surface area contributed by atoms with Gasteiger partial charge in [0.1, 0.15) is 0 Å². The van der Waals surface area contributed by atoms with E-state index in [9.17, 15) is 0 Å². The van der Waals surface area contributed by atoms with Gasteiger partial charge in [0.25, 0.3) is 0 Å². The Morgan fingerprint density at radius 1 is 1.27 bits per heavy atom. The third-order valence-corrected chi connectivity index (χ3v) is 3.02. The molecule has 0 aromatic carbocycles. The van der Waals surface area contributed by atoms with Crippen LogP contribution in [0.5, 0.6) is 0 Å². The number of hydrogen-bond donors (Lipinski definition) is 2. The van der Waals surface area contributed by atoms with E-state index >= 15 is 0 Å². The van der Waals surface area contributed by atoms with Gasteiger partial charge in [0.15, 0.2) is 0 Å². The van der Waals surface area contributed by atoms with Crippen LogP contribution >= 0.6 is 11.3 Å². The fourth-order valence-corrected chi connectivity index (χ4v) is 2.03. The largest absolute Gasteiger partial charge is 0.316 e. The summed E-state index contributed by atoms with van der Waals surface area (Å²) in [5.74, 6) is 0.754. The lowest BCUT2D eigenvalue weighted by Crippen LogP contribution is -2.24. The van der Waals surface area contributed by atoms with Crippen molar-refractivity contribution in [2.75, 3.05) is 19.6 Å². The van der Waals surface area contributed by atoms with Crippen LogP contribution in [-0.4, -0.2) is 19.6 Å². The molecule has 0 fully saturated rings. The minimum atomic E-state index is 0.754. The molecule has 0 atom stereocenters. The van der Waals surface area contributed by atoms with Crippen molar-refractivity contribution in [3.05, 3.63) is 22.4 Å². The van der Waals surface area contributed by atoms with Gasteiger partial charge in [-0.05, 0) is 43.4 Å². The molecule has 1 aromatic heterocycles. The number of thiophene rings is 1. The zero-order valence-corrected chi connectivity index (χ0v) is 10.6. The van der Waals surface area contributed by atoms with Gasteiger partial charge in [-0.3, -0.25) is 0 Å². The summed E-state index contributed by atoms with van der Waals surface area (Å²) in [6.45, 7) is 8.84. The molecule has 0 spiro atoms. The van der Waals surface area contributed by atoms with E-state index in [1.165, 1.54) is 11.3 Å². The van der Waals surface area contributed by atoms with Crippen LogP contribution in [0.3, 0.4) is 0 Å². The van der Waals surface area contributed by atoms with E-state index in [2.05, 4.69) is 42.0 Å². The van der Waals surface area contributed by atoms with Gasteiger partial charge < -0.3 is 10.6 Å². The van der Waals surface area contributed by atoms with E-state index in [0.717, 1.165) is 32.1 Å². The second kappa shape index (κ2) is 7.85. The SMILES string of the molecule is CC(C)CNCCCNCc1cccs1. The van der Waals surface area contributed by atoms with Gasteiger partial charge in [0.2, 0.25) is 0 Å². The molecule has 3 heteroatoms. The molecule has 86 valence electrons. The Hall–Kier alpha value is -0.380. The van der Waals surface area contributed by atoms with Gasteiger partial charge in [0, 0.05) is 11.4 Å². The summed E-state index contributed by atoms with van der Waals surface area (Å²) in [5.41, 5.74) is 0. The maximum Gasteiger partial charge on any atom is 0.0299 e. The van der Waals surface area contributed by atoms with Gasteiger partial charge in [0.05, 0.1) is 0 Å². The predicted molar refractivity (Wildman–Crippen MR) is 68.4 cm³/mol. The van der Waals surface area contributed by atoms with E-state index < -0.39 is 0 Å². The van der Waals surface area contributed by atoms with Crippen LogP contribution in [-0.2, 0) is 6.54 Å². The van der Waals surface area contributed by atoms with Crippen molar-refractivity contribution in [3.8, 4) is 0 Å². The lowest BCUT2D eigenvalue weighted by molar-refractivity contribution is 0.531. The highest BCUT2D eigenvalue weighted by Crippen LogP contribution is 2.06. The van der Waals surface area contributed by atoms with Crippen LogP contribution in [0.1, 0.15) is 25.1 Å². The summed E-state index contributed by atoms with van der Waals surface area (Å²) in [7, 11) is 0. The highest BCUT2D eigenvalue weighted by atomic mass is 32.1. The van der Waals surface area contributed by atoms with Crippen molar-refractivity contribution < 1.29 is 0 Å². The molecule has 0 saturated heterocycles. The molecule has 1 aromatic rings. The quantitative estimate of drug-likeness (QED) is 0.665. The third kappa shape index (κ3) is 6.66. The molecule has 0 unspecified atom stereocenters. The fraction of sp³-hybridized carbons (Fsp3) is 0.667. The van der Waals surface area contributed by atoms with E-state index in [1.807, 2.05) is 11.3 Å². The van der Waals surface area contributed by atoms with Gasteiger partial charge in [-0.25, -0.2) is 0 Å². The molecule has 0 aliphatic rings. The first-order valence-corrected chi connectivity index (χ1v) is 6.61.